The molecule has 0 saturated carbocycles. The number of hydrazine groups is 1. The fourth-order valence-corrected chi connectivity index (χ4v) is 1.26. The summed E-state index contributed by atoms with van der Waals surface area (Å²) in [6.45, 7) is -0.124. The second kappa shape index (κ2) is 5.80. The molecule has 0 atom stereocenters. The summed E-state index contributed by atoms with van der Waals surface area (Å²) in [4.78, 5) is 11.0. The zero-order chi connectivity index (χ0) is 11.3. The molecule has 1 aromatic rings. The molecule has 0 radical (unpaired) electrons. The number of hydrogen-bond donors (Lipinski definition) is 2. The van der Waals surface area contributed by atoms with Crippen LogP contribution in [0.2, 0.25) is 10.0 Å². The lowest BCUT2D eigenvalue weighted by atomic mass is 10.3. The van der Waals surface area contributed by atoms with Crippen LogP contribution < -0.4 is 15.6 Å². The molecule has 82 valence electrons. The van der Waals surface area contributed by atoms with Gasteiger partial charge in [-0.25, -0.2) is 5.43 Å². The van der Waals surface area contributed by atoms with Crippen LogP contribution in [0.1, 0.15) is 0 Å². The summed E-state index contributed by atoms with van der Waals surface area (Å²) >= 11 is 11.6. The number of halogens is 2. The molecule has 0 aliphatic carbocycles. The molecule has 0 unspecified atom stereocenters. The van der Waals surface area contributed by atoms with Gasteiger partial charge in [0, 0.05) is 7.05 Å². The number of amides is 1. The molecule has 1 aromatic carbocycles. The molecule has 0 aliphatic rings. The van der Waals surface area contributed by atoms with Crippen LogP contribution in [0.5, 0.6) is 5.75 Å². The quantitative estimate of drug-likeness (QED) is 0.797. The topological polar surface area (TPSA) is 50.4 Å². The Morgan fingerprint density at radius 3 is 2.87 bits per heavy atom. The van der Waals surface area contributed by atoms with Gasteiger partial charge in [0.1, 0.15) is 10.8 Å². The van der Waals surface area contributed by atoms with Crippen LogP contribution in [-0.4, -0.2) is 19.6 Å². The molecule has 0 fully saturated rings. The molecular formula is C9H10Cl2N2O2. The highest BCUT2D eigenvalue weighted by Gasteiger charge is 2.07. The second-order valence-electron chi connectivity index (χ2n) is 2.64. The van der Waals surface area contributed by atoms with Gasteiger partial charge in [0.25, 0.3) is 5.91 Å². The van der Waals surface area contributed by atoms with Crippen molar-refractivity contribution in [2.75, 3.05) is 13.7 Å². The Balaban J connectivity index is 2.58. The van der Waals surface area contributed by atoms with Crippen molar-refractivity contribution in [1.29, 1.82) is 0 Å². The van der Waals surface area contributed by atoms with Crippen LogP contribution in [0.15, 0.2) is 18.2 Å². The molecule has 1 rings (SSSR count). The first-order valence-electron chi connectivity index (χ1n) is 4.17. The zero-order valence-electron chi connectivity index (χ0n) is 8.01. The first-order chi connectivity index (χ1) is 7.15. The summed E-state index contributed by atoms with van der Waals surface area (Å²) < 4.78 is 5.16. The number of nitrogens with one attached hydrogen (secondary N) is 2. The van der Waals surface area contributed by atoms with Gasteiger partial charge in [0.2, 0.25) is 0 Å². The van der Waals surface area contributed by atoms with Crippen molar-refractivity contribution in [3.8, 4) is 5.75 Å². The highest BCUT2D eigenvalue weighted by atomic mass is 35.5. The Bertz CT molecular complexity index is 358. The number of rotatable bonds is 4. The Morgan fingerprint density at radius 2 is 2.20 bits per heavy atom. The smallest absolute Gasteiger partial charge is 0.271 e. The molecule has 1 amide bonds. The van der Waals surface area contributed by atoms with Gasteiger partial charge in [-0.3, -0.25) is 10.2 Å². The van der Waals surface area contributed by atoms with E-state index < -0.39 is 0 Å². The van der Waals surface area contributed by atoms with E-state index in [-0.39, 0.29) is 12.5 Å². The molecule has 0 bridgehead atoms. The normalized spacial score (nSPS) is 9.80. The van der Waals surface area contributed by atoms with Crippen LogP contribution in [0.4, 0.5) is 0 Å². The van der Waals surface area contributed by atoms with Crippen molar-refractivity contribution in [3.05, 3.63) is 28.2 Å². The molecule has 0 aliphatic heterocycles. The number of carbonyl (C=O) groups is 1. The van der Waals surface area contributed by atoms with Crippen LogP contribution in [0.3, 0.4) is 0 Å². The summed E-state index contributed by atoms with van der Waals surface area (Å²) in [5.74, 6) is 0.0870. The van der Waals surface area contributed by atoms with Crippen LogP contribution in [-0.2, 0) is 4.79 Å². The van der Waals surface area contributed by atoms with Crippen LogP contribution >= 0.6 is 23.2 Å². The summed E-state index contributed by atoms with van der Waals surface area (Å²) in [6.07, 6.45) is 0. The largest absolute Gasteiger partial charge is 0.482 e. The van der Waals surface area contributed by atoms with E-state index in [1.807, 2.05) is 0 Å². The van der Waals surface area contributed by atoms with Gasteiger partial charge >= 0.3 is 0 Å². The van der Waals surface area contributed by atoms with Crippen molar-refractivity contribution in [3.63, 3.8) is 0 Å². The molecule has 0 saturated heterocycles. The average molecular weight is 249 g/mol. The van der Waals surface area contributed by atoms with E-state index in [1.165, 1.54) is 0 Å². The minimum absolute atomic E-state index is 0.124. The van der Waals surface area contributed by atoms with Gasteiger partial charge in [0.05, 0.1) is 5.02 Å². The highest BCUT2D eigenvalue weighted by molar-refractivity contribution is 6.42. The lowest BCUT2D eigenvalue weighted by Gasteiger charge is -2.08. The molecular weight excluding hydrogens is 239 g/mol. The van der Waals surface area contributed by atoms with Gasteiger partial charge in [-0.1, -0.05) is 29.3 Å². The van der Waals surface area contributed by atoms with Gasteiger partial charge in [-0.2, -0.15) is 0 Å². The SMILES string of the molecule is CNNC(=O)COc1cccc(Cl)c1Cl. The monoisotopic (exact) mass is 248 g/mol. The van der Waals surface area contributed by atoms with Gasteiger partial charge in [-0.15, -0.1) is 0 Å². The molecule has 0 spiro atoms. The second-order valence-corrected chi connectivity index (χ2v) is 3.42. The molecule has 6 heteroatoms. The van der Waals surface area contributed by atoms with Gasteiger partial charge < -0.3 is 4.74 Å². The van der Waals surface area contributed by atoms with E-state index in [4.69, 9.17) is 27.9 Å². The number of benzene rings is 1. The third kappa shape index (κ3) is 3.58. The molecule has 2 N–H and O–H groups in total. The lowest BCUT2D eigenvalue weighted by Crippen LogP contribution is -2.37. The minimum atomic E-state index is -0.298. The first kappa shape index (κ1) is 12.1. The van der Waals surface area contributed by atoms with Gasteiger partial charge in [-0.05, 0) is 12.1 Å². The van der Waals surface area contributed by atoms with Gasteiger partial charge in [0.15, 0.2) is 6.61 Å². The predicted molar refractivity (Wildman–Crippen MR) is 59.2 cm³/mol. The summed E-state index contributed by atoms with van der Waals surface area (Å²) in [5, 5.41) is 0.694. The zero-order valence-corrected chi connectivity index (χ0v) is 9.52. The molecule has 15 heavy (non-hydrogen) atoms. The fourth-order valence-electron chi connectivity index (χ4n) is 0.914. The third-order valence-corrected chi connectivity index (χ3v) is 2.34. The van der Waals surface area contributed by atoms with E-state index in [0.717, 1.165) is 0 Å². The Labute approximate surface area is 97.5 Å². The number of ether oxygens (including phenoxy) is 1. The molecule has 4 nitrogen and oxygen atoms in total. The Kier molecular flexibility index (Phi) is 4.68. The minimum Gasteiger partial charge on any atom is -0.482 e. The number of carbonyl (C=O) groups excluding carboxylic acids is 1. The van der Waals surface area contributed by atoms with E-state index in [2.05, 4.69) is 10.9 Å². The van der Waals surface area contributed by atoms with Crippen LogP contribution in [0, 0.1) is 0 Å². The highest BCUT2D eigenvalue weighted by Crippen LogP contribution is 2.31. The maximum Gasteiger partial charge on any atom is 0.271 e. The molecule has 0 heterocycles. The van der Waals surface area contributed by atoms with Crippen molar-refractivity contribution >= 4 is 29.1 Å². The average Bonchev–Trinajstić information content (AvgIpc) is 2.21. The lowest BCUT2D eigenvalue weighted by molar-refractivity contribution is -0.123. The summed E-state index contributed by atoms with van der Waals surface area (Å²) in [7, 11) is 1.59. The van der Waals surface area contributed by atoms with Crippen molar-refractivity contribution in [1.82, 2.24) is 10.9 Å². The third-order valence-electron chi connectivity index (χ3n) is 1.54. The fraction of sp³-hybridized carbons (Fsp3) is 0.222. The maximum absolute atomic E-state index is 11.0. The number of hydrogen-bond acceptors (Lipinski definition) is 3. The van der Waals surface area contributed by atoms with Crippen molar-refractivity contribution in [2.24, 2.45) is 0 Å². The standard InChI is InChI=1S/C9H10Cl2N2O2/c1-12-13-8(14)5-15-7-4-2-3-6(10)9(7)11/h2-4,12H,5H2,1H3,(H,13,14). The van der Waals surface area contributed by atoms with Crippen molar-refractivity contribution < 1.29 is 9.53 Å². The van der Waals surface area contributed by atoms with E-state index in [1.54, 1.807) is 25.2 Å². The Hall–Kier alpha value is -0.970. The summed E-state index contributed by atoms with van der Waals surface area (Å²) in [5.41, 5.74) is 4.85. The van der Waals surface area contributed by atoms with Crippen LogP contribution in [0.25, 0.3) is 0 Å². The van der Waals surface area contributed by atoms with Crippen molar-refractivity contribution in [2.45, 2.75) is 0 Å². The predicted octanol–water partition coefficient (Wildman–Crippen LogP) is 1.62. The first-order valence-corrected chi connectivity index (χ1v) is 4.93. The Morgan fingerprint density at radius 1 is 1.47 bits per heavy atom. The maximum atomic E-state index is 11.0. The van der Waals surface area contributed by atoms with E-state index in [0.29, 0.717) is 15.8 Å². The summed E-state index contributed by atoms with van der Waals surface area (Å²) in [6, 6.07) is 4.98. The van der Waals surface area contributed by atoms with E-state index in [9.17, 15) is 4.79 Å². The molecule has 0 aromatic heterocycles. The van der Waals surface area contributed by atoms with E-state index >= 15 is 0 Å².